The van der Waals surface area contributed by atoms with Crippen molar-refractivity contribution in [2.45, 2.75) is 45.4 Å². The van der Waals surface area contributed by atoms with Crippen LogP contribution in [0.4, 0.5) is 0 Å². The fourth-order valence-electron chi connectivity index (χ4n) is 3.45. The van der Waals surface area contributed by atoms with Crippen molar-refractivity contribution >= 4 is 17.7 Å². The number of quaternary nitrogens is 1. The van der Waals surface area contributed by atoms with Crippen LogP contribution in [0.15, 0.2) is 65.7 Å². The Bertz CT molecular complexity index is 701. The van der Waals surface area contributed by atoms with Crippen LogP contribution in [0, 0.1) is 0 Å². The summed E-state index contributed by atoms with van der Waals surface area (Å²) in [6.07, 6.45) is 10.1. The second-order valence-electron chi connectivity index (χ2n) is 6.76. The first-order valence-corrected chi connectivity index (χ1v) is 9.65. The molecule has 1 unspecified atom stereocenters. The van der Waals surface area contributed by atoms with Crippen LogP contribution in [0.1, 0.15) is 56.6 Å². The molecule has 0 amide bonds. The molecule has 0 radical (unpaired) electrons. The van der Waals surface area contributed by atoms with Crippen molar-refractivity contribution in [3.63, 3.8) is 0 Å². The first kappa shape index (κ1) is 17.6. The van der Waals surface area contributed by atoms with Gasteiger partial charge in [0.2, 0.25) is 0 Å². The second-order valence-corrected chi connectivity index (χ2v) is 6.76. The number of aliphatic imine (C=N–C) groups is 1. The first-order chi connectivity index (χ1) is 12.4. The van der Waals surface area contributed by atoms with Crippen LogP contribution >= 0.6 is 0 Å². The molecule has 1 aliphatic rings. The Morgan fingerprint density at radius 2 is 1.32 bits per heavy atom. The molecule has 1 atom stereocenters. The normalized spacial score (nSPS) is 16.6. The molecule has 0 spiro atoms. The molecule has 0 fully saturated rings. The van der Waals surface area contributed by atoms with E-state index in [1.54, 1.807) is 0 Å². The summed E-state index contributed by atoms with van der Waals surface area (Å²) < 4.78 is 0. The van der Waals surface area contributed by atoms with E-state index in [-0.39, 0.29) is 0 Å². The van der Waals surface area contributed by atoms with Gasteiger partial charge in [0.05, 0.1) is 6.54 Å². The van der Waals surface area contributed by atoms with Crippen molar-refractivity contribution in [3.8, 4) is 0 Å². The van der Waals surface area contributed by atoms with Gasteiger partial charge in [-0.15, -0.1) is 0 Å². The number of benzene rings is 2. The van der Waals surface area contributed by atoms with Gasteiger partial charge in [0.15, 0.2) is 12.0 Å². The van der Waals surface area contributed by atoms with Gasteiger partial charge < -0.3 is 0 Å². The van der Waals surface area contributed by atoms with Gasteiger partial charge in [0, 0.05) is 11.1 Å². The van der Waals surface area contributed by atoms with E-state index < -0.39 is 0 Å². The van der Waals surface area contributed by atoms with Crippen LogP contribution in [0.5, 0.6) is 0 Å². The Morgan fingerprint density at radius 1 is 0.720 bits per heavy atom. The maximum atomic E-state index is 4.79. The zero-order chi connectivity index (χ0) is 17.3. The summed E-state index contributed by atoms with van der Waals surface area (Å²) in [6.45, 7) is 3.39. The summed E-state index contributed by atoms with van der Waals surface area (Å²) in [6, 6.07) is 21.3. The standard InChI is InChI=1S/C23H28N2/c1-2-3-4-5-6-13-18-25-19-24-22(20-14-9-7-10-15-20)23(25)21-16-11-8-12-17-21/h7-12,14-17,19H,2-6,13,18H2,1H3/p+1. The van der Waals surface area contributed by atoms with Crippen molar-refractivity contribution in [2.75, 3.05) is 6.54 Å². The van der Waals surface area contributed by atoms with Crippen molar-refractivity contribution in [2.24, 2.45) is 4.99 Å². The molecular weight excluding hydrogens is 304 g/mol. The lowest BCUT2D eigenvalue weighted by Gasteiger charge is -2.14. The molecule has 0 aliphatic carbocycles. The quantitative estimate of drug-likeness (QED) is 0.635. The predicted octanol–water partition coefficient (Wildman–Crippen LogP) is 4.80. The summed E-state index contributed by atoms with van der Waals surface area (Å²) in [5.74, 6) is 0. The fraction of sp³-hybridized carbons (Fsp3) is 0.348. The average molecular weight is 333 g/mol. The Morgan fingerprint density at radius 3 is 2.00 bits per heavy atom. The monoisotopic (exact) mass is 333 g/mol. The molecule has 0 aromatic heterocycles. The van der Waals surface area contributed by atoms with E-state index in [9.17, 15) is 0 Å². The lowest BCUT2D eigenvalue weighted by Crippen LogP contribution is -3.07. The molecule has 25 heavy (non-hydrogen) atoms. The van der Waals surface area contributed by atoms with Gasteiger partial charge >= 0.3 is 0 Å². The van der Waals surface area contributed by atoms with Crippen LogP contribution < -0.4 is 4.90 Å². The van der Waals surface area contributed by atoms with E-state index in [2.05, 4.69) is 73.9 Å². The highest BCUT2D eigenvalue weighted by molar-refractivity contribution is 5.93. The summed E-state index contributed by atoms with van der Waals surface area (Å²) in [7, 11) is 0. The van der Waals surface area contributed by atoms with E-state index in [0.29, 0.717) is 0 Å². The highest BCUT2D eigenvalue weighted by atomic mass is 15.2. The molecule has 1 heterocycles. The summed E-state index contributed by atoms with van der Waals surface area (Å²) in [5, 5.41) is 0. The van der Waals surface area contributed by atoms with Crippen LogP contribution in [0.25, 0.3) is 11.4 Å². The van der Waals surface area contributed by atoms with Crippen LogP contribution in [-0.4, -0.2) is 12.9 Å². The van der Waals surface area contributed by atoms with Gasteiger partial charge in [-0.2, -0.15) is 4.99 Å². The fourth-order valence-corrected chi connectivity index (χ4v) is 3.45. The van der Waals surface area contributed by atoms with Crippen molar-refractivity contribution < 1.29 is 4.90 Å². The van der Waals surface area contributed by atoms with E-state index >= 15 is 0 Å². The lowest BCUT2D eigenvalue weighted by atomic mass is 10.0. The van der Waals surface area contributed by atoms with Gasteiger partial charge in [0.1, 0.15) is 5.70 Å². The highest BCUT2D eigenvalue weighted by Crippen LogP contribution is 2.25. The van der Waals surface area contributed by atoms with E-state index in [1.165, 1.54) is 60.2 Å². The van der Waals surface area contributed by atoms with Gasteiger partial charge in [0.25, 0.3) is 0 Å². The number of hydrogen-bond donors (Lipinski definition) is 1. The molecule has 2 heteroatoms. The predicted molar refractivity (Wildman–Crippen MR) is 107 cm³/mol. The number of rotatable bonds is 9. The molecule has 0 bridgehead atoms. The lowest BCUT2D eigenvalue weighted by molar-refractivity contribution is -0.713. The SMILES string of the molecule is CCCCCCCC[NH+]1C=NC(c2ccccc2)=C1c1ccccc1. The minimum Gasteiger partial charge on any atom is -0.258 e. The zero-order valence-corrected chi connectivity index (χ0v) is 15.2. The second kappa shape index (κ2) is 9.33. The summed E-state index contributed by atoms with van der Waals surface area (Å²) >= 11 is 0. The van der Waals surface area contributed by atoms with Gasteiger partial charge in [-0.25, -0.2) is 0 Å². The minimum absolute atomic E-state index is 1.12. The van der Waals surface area contributed by atoms with E-state index in [0.717, 1.165) is 12.2 Å². The topological polar surface area (TPSA) is 16.8 Å². The number of unbranched alkanes of at least 4 members (excludes halogenated alkanes) is 5. The minimum atomic E-state index is 1.12. The van der Waals surface area contributed by atoms with Crippen molar-refractivity contribution in [1.82, 2.24) is 0 Å². The molecule has 0 saturated carbocycles. The molecule has 130 valence electrons. The van der Waals surface area contributed by atoms with E-state index in [1.807, 2.05) is 0 Å². The maximum absolute atomic E-state index is 4.79. The number of hydrogen-bond acceptors (Lipinski definition) is 1. The van der Waals surface area contributed by atoms with E-state index in [4.69, 9.17) is 4.99 Å². The third kappa shape index (κ3) is 4.67. The number of nitrogens with one attached hydrogen (secondary N) is 1. The molecular formula is C23H29N2+. The molecule has 2 aromatic carbocycles. The number of nitrogens with zero attached hydrogens (tertiary/aromatic N) is 1. The Kier molecular flexibility index (Phi) is 6.58. The highest BCUT2D eigenvalue weighted by Gasteiger charge is 2.26. The largest absolute Gasteiger partial charge is 0.258 e. The molecule has 0 saturated heterocycles. The van der Waals surface area contributed by atoms with Crippen molar-refractivity contribution in [3.05, 3.63) is 71.8 Å². The maximum Gasteiger partial charge on any atom is 0.194 e. The Balaban J connectivity index is 1.75. The van der Waals surface area contributed by atoms with Crippen LogP contribution in [-0.2, 0) is 0 Å². The Labute approximate surface area is 151 Å². The third-order valence-electron chi connectivity index (χ3n) is 4.82. The third-order valence-corrected chi connectivity index (χ3v) is 4.82. The Hall–Kier alpha value is -2.19. The van der Waals surface area contributed by atoms with Gasteiger partial charge in [-0.3, -0.25) is 4.90 Å². The van der Waals surface area contributed by atoms with Gasteiger partial charge in [-0.05, 0) is 25.0 Å². The molecule has 2 aromatic rings. The zero-order valence-electron chi connectivity index (χ0n) is 15.2. The summed E-state index contributed by atoms with van der Waals surface area (Å²) in [4.78, 5) is 6.18. The van der Waals surface area contributed by atoms with Crippen LogP contribution in [0.2, 0.25) is 0 Å². The smallest absolute Gasteiger partial charge is 0.194 e. The average Bonchev–Trinajstić information content (AvgIpc) is 3.10. The van der Waals surface area contributed by atoms with Crippen LogP contribution in [0.3, 0.4) is 0 Å². The summed E-state index contributed by atoms with van der Waals surface area (Å²) in [5.41, 5.74) is 4.92. The van der Waals surface area contributed by atoms with Gasteiger partial charge in [-0.1, -0.05) is 81.1 Å². The molecule has 2 nitrogen and oxygen atoms in total. The molecule has 1 aliphatic heterocycles. The van der Waals surface area contributed by atoms with Crippen molar-refractivity contribution in [1.29, 1.82) is 0 Å². The first-order valence-electron chi connectivity index (χ1n) is 9.65. The molecule has 3 rings (SSSR count). The molecule has 1 N–H and O–H groups in total.